The monoisotopic (exact) mass is 385 g/mol. The van der Waals surface area contributed by atoms with Crippen molar-refractivity contribution in [1.29, 1.82) is 0 Å². The maximum Gasteiger partial charge on any atom is 0.251 e. The van der Waals surface area contributed by atoms with Crippen LogP contribution in [0.15, 0.2) is 23.1 Å². The molecule has 0 unspecified atom stereocenters. The van der Waals surface area contributed by atoms with Gasteiger partial charge in [-0.3, -0.25) is 4.79 Å². The second-order valence-electron chi connectivity index (χ2n) is 6.81. The van der Waals surface area contributed by atoms with Crippen LogP contribution in [0, 0.1) is 0 Å². The molecule has 3 rings (SSSR count). The standard InChI is InChI=1S/C17H24ClN3O3S/c1-20-10-6-14(7-11-20)19-17(22)13-4-5-15(18)16(12-13)25(23,24)21-8-2-3-9-21/h4-5,12,14H,2-3,6-11H2,1H3,(H,19,22). The highest BCUT2D eigenvalue weighted by molar-refractivity contribution is 7.89. The molecule has 1 aromatic carbocycles. The fourth-order valence-corrected chi connectivity index (χ4v) is 5.35. The molecule has 0 radical (unpaired) electrons. The van der Waals surface area contributed by atoms with Gasteiger partial charge in [-0.25, -0.2) is 8.42 Å². The van der Waals surface area contributed by atoms with Gasteiger partial charge in [0.15, 0.2) is 0 Å². The number of sulfonamides is 1. The van der Waals surface area contributed by atoms with Gasteiger partial charge >= 0.3 is 0 Å². The summed E-state index contributed by atoms with van der Waals surface area (Å²) in [4.78, 5) is 14.8. The van der Waals surface area contributed by atoms with Crippen LogP contribution in [0.2, 0.25) is 5.02 Å². The fraction of sp³-hybridized carbons (Fsp3) is 0.588. The van der Waals surface area contributed by atoms with E-state index in [4.69, 9.17) is 11.6 Å². The summed E-state index contributed by atoms with van der Waals surface area (Å²) >= 11 is 6.13. The number of hydrogen-bond acceptors (Lipinski definition) is 4. The molecule has 1 aromatic rings. The first-order chi connectivity index (χ1) is 11.9. The minimum absolute atomic E-state index is 0.0205. The normalized spacial score (nSPS) is 20.7. The fourth-order valence-electron chi connectivity index (χ4n) is 3.33. The molecule has 2 heterocycles. The van der Waals surface area contributed by atoms with Gasteiger partial charge in [0.1, 0.15) is 4.90 Å². The van der Waals surface area contributed by atoms with E-state index < -0.39 is 10.0 Å². The molecular weight excluding hydrogens is 362 g/mol. The van der Waals surface area contributed by atoms with Crippen LogP contribution in [0.5, 0.6) is 0 Å². The average molecular weight is 386 g/mol. The highest BCUT2D eigenvalue weighted by atomic mass is 35.5. The molecule has 2 fully saturated rings. The minimum Gasteiger partial charge on any atom is -0.349 e. The molecule has 0 aliphatic carbocycles. The Balaban J connectivity index is 1.78. The lowest BCUT2D eigenvalue weighted by molar-refractivity contribution is 0.0916. The highest BCUT2D eigenvalue weighted by Crippen LogP contribution is 2.28. The van der Waals surface area contributed by atoms with Crippen molar-refractivity contribution in [2.45, 2.75) is 36.6 Å². The van der Waals surface area contributed by atoms with Crippen molar-refractivity contribution in [3.05, 3.63) is 28.8 Å². The van der Waals surface area contributed by atoms with Gasteiger partial charge in [0, 0.05) is 24.7 Å². The lowest BCUT2D eigenvalue weighted by Crippen LogP contribution is -2.43. The van der Waals surface area contributed by atoms with Crippen molar-refractivity contribution in [1.82, 2.24) is 14.5 Å². The van der Waals surface area contributed by atoms with E-state index in [1.165, 1.54) is 16.4 Å². The lowest BCUT2D eigenvalue weighted by atomic mass is 10.0. The number of carbonyl (C=O) groups excluding carboxylic acids is 1. The first kappa shape index (κ1) is 18.6. The Bertz CT molecular complexity index is 740. The molecule has 1 amide bonds. The second-order valence-corrected chi connectivity index (χ2v) is 9.12. The zero-order valence-corrected chi connectivity index (χ0v) is 15.9. The summed E-state index contributed by atoms with van der Waals surface area (Å²) in [7, 11) is -1.59. The van der Waals surface area contributed by atoms with Gasteiger partial charge in [0.05, 0.1) is 5.02 Å². The number of rotatable bonds is 4. The molecule has 2 aliphatic rings. The van der Waals surface area contributed by atoms with E-state index >= 15 is 0 Å². The first-order valence-corrected chi connectivity index (χ1v) is 10.5. The summed E-state index contributed by atoms with van der Waals surface area (Å²) in [5.41, 5.74) is 0.334. The zero-order valence-electron chi connectivity index (χ0n) is 14.4. The predicted octanol–water partition coefficient (Wildman–Crippen LogP) is 1.95. The average Bonchev–Trinajstić information content (AvgIpc) is 3.12. The van der Waals surface area contributed by atoms with Crippen LogP contribution in [0.25, 0.3) is 0 Å². The molecule has 0 aromatic heterocycles. The van der Waals surface area contributed by atoms with Crippen molar-refractivity contribution < 1.29 is 13.2 Å². The third-order valence-corrected chi connectivity index (χ3v) is 7.31. The van der Waals surface area contributed by atoms with E-state index in [0.29, 0.717) is 18.7 Å². The third kappa shape index (κ3) is 4.16. The minimum atomic E-state index is -3.65. The Morgan fingerprint density at radius 3 is 2.44 bits per heavy atom. The molecule has 6 nitrogen and oxygen atoms in total. The van der Waals surface area contributed by atoms with E-state index in [9.17, 15) is 13.2 Å². The van der Waals surface area contributed by atoms with E-state index in [2.05, 4.69) is 17.3 Å². The van der Waals surface area contributed by atoms with Crippen LogP contribution in [-0.4, -0.2) is 62.8 Å². The second kappa shape index (κ2) is 7.61. The molecule has 0 spiro atoms. The molecular formula is C17H24ClN3O3S. The van der Waals surface area contributed by atoms with Gasteiger partial charge in [-0.05, 0) is 64.0 Å². The summed E-state index contributed by atoms with van der Waals surface area (Å²) in [6.07, 6.45) is 3.50. The summed E-state index contributed by atoms with van der Waals surface area (Å²) in [5.74, 6) is -0.246. The number of halogens is 1. The topological polar surface area (TPSA) is 69.7 Å². The molecule has 2 aliphatic heterocycles. The Kier molecular flexibility index (Phi) is 5.68. The largest absolute Gasteiger partial charge is 0.349 e. The number of amides is 1. The van der Waals surface area contributed by atoms with Crippen LogP contribution < -0.4 is 5.32 Å². The number of benzene rings is 1. The molecule has 2 saturated heterocycles. The van der Waals surface area contributed by atoms with Crippen molar-refractivity contribution in [2.75, 3.05) is 33.2 Å². The van der Waals surface area contributed by atoms with Crippen molar-refractivity contribution in [3.63, 3.8) is 0 Å². The Hall–Kier alpha value is -1.15. The first-order valence-electron chi connectivity index (χ1n) is 8.67. The van der Waals surface area contributed by atoms with Gasteiger partial charge < -0.3 is 10.2 Å². The van der Waals surface area contributed by atoms with E-state index in [1.807, 2.05) is 0 Å². The molecule has 0 saturated carbocycles. The van der Waals surface area contributed by atoms with Crippen LogP contribution in [0.3, 0.4) is 0 Å². The highest BCUT2D eigenvalue weighted by Gasteiger charge is 2.30. The number of piperidine rings is 1. The van der Waals surface area contributed by atoms with Gasteiger partial charge in [0.2, 0.25) is 10.0 Å². The van der Waals surface area contributed by atoms with Gasteiger partial charge in [-0.1, -0.05) is 11.6 Å². The summed E-state index contributed by atoms with van der Waals surface area (Å²) in [6.45, 7) is 2.90. The quantitative estimate of drug-likeness (QED) is 0.860. The van der Waals surface area contributed by atoms with Crippen LogP contribution in [0.4, 0.5) is 0 Å². The summed E-state index contributed by atoms with van der Waals surface area (Å²) in [5, 5.41) is 3.16. The Morgan fingerprint density at radius 1 is 1.16 bits per heavy atom. The molecule has 0 bridgehead atoms. The summed E-state index contributed by atoms with van der Waals surface area (Å²) in [6, 6.07) is 4.60. The van der Waals surface area contributed by atoms with Gasteiger partial charge in [-0.15, -0.1) is 0 Å². The van der Waals surface area contributed by atoms with Crippen molar-refractivity contribution in [2.24, 2.45) is 0 Å². The molecule has 138 valence electrons. The SMILES string of the molecule is CN1CCC(NC(=O)c2ccc(Cl)c(S(=O)(=O)N3CCCC3)c2)CC1. The Morgan fingerprint density at radius 2 is 1.80 bits per heavy atom. The number of nitrogens with zero attached hydrogens (tertiary/aromatic N) is 2. The lowest BCUT2D eigenvalue weighted by Gasteiger charge is -2.29. The van der Waals surface area contributed by atoms with Crippen LogP contribution >= 0.6 is 11.6 Å². The number of likely N-dealkylation sites (tertiary alicyclic amines) is 1. The van der Waals surface area contributed by atoms with Crippen LogP contribution in [-0.2, 0) is 10.0 Å². The zero-order chi connectivity index (χ0) is 18.0. The molecule has 1 N–H and O–H groups in total. The number of nitrogens with one attached hydrogen (secondary N) is 1. The third-order valence-electron chi connectivity index (χ3n) is 4.93. The molecule has 25 heavy (non-hydrogen) atoms. The van der Waals surface area contributed by atoms with E-state index in [0.717, 1.165) is 38.8 Å². The summed E-state index contributed by atoms with van der Waals surface area (Å²) < 4.78 is 27.0. The van der Waals surface area contributed by atoms with E-state index in [1.54, 1.807) is 6.07 Å². The smallest absolute Gasteiger partial charge is 0.251 e. The maximum atomic E-state index is 12.8. The van der Waals surface area contributed by atoms with Crippen molar-refractivity contribution >= 4 is 27.5 Å². The molecule has 8 heteroatoms. The number of hydrogen-bond donors (Lipinski definition) is 1. The maximum absolute atomic E-state index is 12.8. The van der Waals surface area contributed by atoms with E-state index in [-0.39, 0.29) is 21.9 Å². The van der Waals surface area contributed by atoms with Crippen LogP contribution in [0.1, 0.15) is 36.0 Å². The number of carbonyl (C=O) groups is 1. The Labute approximate surface area is 154 Å². The van der Waals surface area contributed by atoms with Crippen molar-refractivity contribution in [3.8, 4) is 0 Å². The van der Waals surface area contributed by atoms with Gasteiger partial charge in [-0.2, -0.15) is 4.31 Å². The molecule has 0 atom stereocenters. The predicted molar refractivity (Wildman–Crippen MR) is 97.4 cm³/mol. The van der Waals surface area contributed by atoms with Gasteiger partial charge in [0.25, 0.3) is 5.91 Å².